The fourth-order valence-corrected chi connectivity index (χ4v) is 3.49. The van der Waals surface area contributed by atoms with Gasteiger partial charge in [0.2, 0.25) is 0 Å². The van der Waals surface area contributed by atoms with Crippen molar-refractivity contribution in [2.24, 2.45) is 0 Å². The van der Waals surface area contributed by atoms with Crippen LogP contribution in [0.1, 0.15) is 58.8 Å². The van der Waals surface area contributed by atoms with Gasteiger partial charge in [0.05, 0.1) is 13.2 Å². The molecule has 0 aromatic heterocycles. The lowest BCUT2D eigenvalue weighted by Crippen LogP contribution is -2.28. The van der Waals surface area contributed by atoms with Gasteiger partial charge in [0.15, 0.2) is 5.78 Å². The first-order valence-electron chi connectivity index (χ1n) is 9.86. The van der Waals surface area contributed by atoms with Gasteiger partial charge in [0.1, 0.15) is 17.8 Å². The maximum absolute atomic E-state index is 12.1. The molecule has 0 aromatic rings. The zero-order valence-electron chi connectivity index (χ0n) is 16.8. The third kappa shape index (κ3) is 6.27. The van der Waals surface area contributed by atoms with Crippen molar-refractivity contribution in [2.75, 3.05) is 7.11 Å². The molecule has 0 saturated carbocycles. The lowest BCUT2D eigenvalue weighted by molar-refractivity contribution is -0.149. The van der Waals surface area contributed by atoms with Crippen molar-refractivity contribution in [3.05, 3.63) is 23.8 Å². The Bertz CT molecular complexity index is 651. The minimum Gasteiger partial charge on any atom is -0.469 e. The van der Waals surface area contributed by atoms with E-state index in [4.69, 9.17) is 9.47 Å². The summed E-state index contributed by atoms with van der Waals surface area (Å²) in [6, 6.07) is 0. The first-order chi connectivity index (χ1) is 13.3. The molecular weight excluding hydrogens is 364 g/mol. The van der Waals surface area contributed by atoms with Crippen LogP contribution in [0.3, 0.4) is 0 Å². The van der Waals surface area contributed by atoms with Crippen LogP contribution in [0, 0.1) is 0 Å². The van der Waals surface area contributed by atoms with Gasteiger partial charge in [-0.1, -0.05) is 6.92 Å². The molecule has 4 unspecified atom stereocenters. The molecule has 7 nitrogen and oxygen atoms in total. The van der Waals surface area contributed by atoms with Gasteiger partial charge in [-0.3, -0.25) is 14.4 Å². The number of hydrogen-bond acceptors (Lipinski definition) is 7. The van der Waals surface area contributed by atoms with E-state index < -0.39 is 11.6 Å². The second-order valence-electron chi connectivity index (χ2n) is 7.34. The molecule has 0 spiro atoms. The first-order valence-corrected chi connectivity index (χ1v) is 9.86. The Kier molecular flexibility index (Phi) is 7.95. The normalized spacial score (nSPS) is 28.4. The number of hydrogen-bond donors (Lipinski definition) is 1. The maximum Gasteiger partial charge on any atom is 0.305 e. The average Bonchev–Trinajstić information content (AvgIpc) is 3.36. The van der Waals surface area contributed by atoms with Gasteiger partial charge in [0, 0.05) is 18.9 Å². The van der Waals surface area contributed by atoms with Gasteiger partial charge in [-0.05, 0) is 56.8 Å². The molecule has 2 aliphatic rings. The maximum atomic E-state index is 12.1. The van der Waals surface area contributed by atoms with E-state index in [0.29, 0.717) is 37.7 Å². The number of rotatable bonds is 11. The van der Waals surface area contributed by atoms with Gasteiger partial charge in [-0.25, -0.2) is 0 Å². The Morgan fingerprint density at radius 2 is 2.11 bits per heavy atom. The SMILES string of the molecule is CCC1OC1/C=C1\C(=O)C=CC1(O)CCCCC(CCC(=O)OC)OC(C)=O. The standard InChI is InChI=1S/C21H30O7/c1-4-18-19(28-18)13-16-17(23)10-12-21(16,25)11-6-5-7-15(27-14(2)22)8-9-20(24)26-3/h10,12-13,15,18-19,25H,4-9,11H2,1-3H3/b16-13+. The quantitative estimate of drug-likeness (QED) is 0.248. The van der Waals surface area contributed by atoms with E-state index in [1.54, 1.807) is 12.2 Å². The van der Waals surface area contributed by atoms with Crippen LogP contribution in [0.25, 0.3) is 0 Å². The fourth-order valence-electron chi connectivity index (χ4n) is 3.49. The van der Waals surface area contributed by atoms with Crippen LogP contribution < -0.4 is 0 Å². The Morgan fingerprint density at radius 3 is 2.71 bits per heavy atom. The lowest BCUT2D eigenvalue weighted by atomic mass is 9.89. The molecule has 7 heteroatoms. The summed E-state index contributed by atoms with van der Waals surface area (Å²) in [5, 5.41) is 10.9. The summed E-state index contributed by atoms with van der Waals surface area (Å²) in [6.07, 6.45) is 8.13. The molecule has 1 N–H and O–H groups in total. The van der Waals surface area contributed by atoms with Gasteiger partial charge in [-0.2, -0.15) is 0 Å². The van der Waals surface area contributed by atoms with Crippen molar-refractivity contribution in [2.45, 2.75) is 82.7 Å². The largest absolute Gasteiger partial charge is 0.469 e. The second-order valence-corrected chi connectivity index (χ2v) is 7.34. The predicted octanol–water partition coefficient (Wildman–Crippen LogP) is 2.41. The van der Waals surface area contributed by atoms with Crippen LogP contribution in [0.2, 0.25) is 0 Å². The number of carbonyl (C=O) groups excluding carboxylic acids is 3. The molecule has 1 saturated heterocycles. The van der Waals surface area contributed by atoms with Crippen molar-refractivity contribution < 1.29 is 33.7 Å². The summed E-state index contributed by atoms with van der Waals surface area (Å²) >= 11 is 0. The fraction of sp³-hybridized carbons (Fsp3) is 0.667. The monoisotopic (exact) mass is 394 g/mol. The third-order valence-corrected chi connectivity index (χ3v) is 5.16. The average molecular weight is 394 g/mol. The van der Waals surface area contributed by atoms with Crippen molar-refractivity contribution in [3.8, 4) is 0 Å². The molecule has 4 atom stereocenters. The smallest absolute Gasteiger partial charge is 0.305 e. The summed E-state index contributed by atoms with van der Waals surface area (Å²) in [7, 11) is 1.32. The predicted molar refractivity (Wildman–Crippen MR) is 101 cm³/mol. The highest BCUT2D eigenvalue weighted by atomic mass is 16.6. The molecule has 1 aliphatic carbocycles. The molecular formula is C21H30O7. The van der Waals surface area contributed by atoms with E-state index in [1.165, 1.54) is 20.1 Å². The molecule has 1 fully saturated rings. The number of allylic oxidation sites excluding steroid dienone is 1. The second kappa shape index (κ2) is 9.98. The number of ketones is 1. The van der Waals surface area contributed by atoms with Gasteiger partial charge < -0.3 is 19.3 Å². The lowest BCUT2D eigenvalue weighted by Gasteiger charge is -2.23. The van der Waals surface area contributed by atoms with Crippen LogP contribution in [0.5, 0.6) is 0 Å². The number of carbonyl (C=O) groups is 3. The van der Waals surface area contributed by atoms with Crippen LogP contribution in [0.4, 0.5) is 0 Å². The third-order valence-electron chi connectivity index (χ3n) is 5.16. The molecule has 0 radical (unpaired) electrons. The van der Waals surface area contributed by atoms with Gasteiger partial charge in [-0.15, -0.1) is 0 Å². The number of unbranched alkanes of at least 4 members (excludes halogenated alkanes) is 1. The Labute approximate surface area is 165 Å². The summed E-state index contributed by atoms with van der Waals surface area (Å²) in [5.74, 6) is -0.912. The summed E-state index contributed by atoms with van der Waals surface area (Å²) < 4.78 is 15.3. The van der Waals surface area contributed by atoms with Crippen LogP contribution in [-0.2, 0) is 28.6 Å². The molecule has 0 aromatic carbocycles. The summed E-state index contributed by atoms with van der Waals surface area (Å²) in [5.41, 5.74) is -0.889. The van der Waals surface area contributed by atoms with E-state index in [9.17, 15) is 19.5 Å². The van der Waals surface area contributed by atoms with Crippen molar-refractivity contribution in [1.29, 1.82) is 0 Å². The number of aliphatic hydroxyl groups is 1. The Balaban J connectivity index is 1.84. The van der Waals surface area contributed by atoms with Crippen LogP contribution in [-0.4, -0.2) is 53.9 Å². The minimum absolute atomic E-state index is 0.0953. The zero-order valence-corrected chi connectivity index (χ0v) is 16.8. The van der Waals surface area contributed by atoms with E-state index >= 15 is 0 Å². The van der Waals surface area contributed by atoms with E-state index in [0.717, 1.165) is 6.42 Å². The Hall–Kier alpha value is -1.99. The Morgan fingerprint density at radius 1 is 1.36 bits per heavy atom. The number of ether oxygens (including phenoxy) is 3. The molecule has 0 amide bonds. The topological polar surface area (TPSA) is 102 Å². The number of epoxide rings is 1. The van der Waals surface area contributed by atoms with Crippen LogP contribution >= 0.6 is 0 Å². The van der Waals surface area contributed by atoms with E-state index in [1.807, 2.05) is 6.92 Å². The molecule has 1 heterocycles. The number of methoxy groups -OCH3 is 1. The molecule has 28 heavy (non-hydrogen) atoms. The van der Waals surface area contributed by atoms with Crippen molar-refractivity contribution in [3.63, 3.8) is 0 Å². The molecule has 0 bridgehead atoms. The molecule has 156 valence electrons. The van der Waals surface area contributed by atoms with Crippen LogP contribution in [0.15, 0.2) is 23.8 Å². The highest BCUT2D eigenvalue weighted by Crippen LogP contribution is 2.36. The highest BCUT2D eigenvalue weighted by molar-refractivity contribution is 6.09. The number of esters is 2. The zero-order chi connectivity index (χ0) is 20.7. The minimum atomic E-state index is -1.27. The molecule has 1 aliphatic heterocycles. The van der Waals surface area contributed by atoms with Crippen molar-refractivity contribution in [1.82, 2.24) is 0 Å². The van der Waals surface area contributed by atoms with Crippen molar-refractivity contribution >= 4 is 17.7 Å². The summed E-state index contributed by atoms with van der Waals surface area (Å²) in [6.45, 7) is 3.35. The van der Waals surface area contributed by atoms with Gasteiger partial charge in [0.25, 0.3) is 0 Å². The first kappa shape index (κ1) is 22.3. The molecule has 2 rings (SSSR count). The summed E-state index contributed by atoms with van der Waals surface area (Å²) in [4.78, 5) is 34.7. The highest BCUT2D eigenvalue weighted by Gasteiger charge is 2.42. The van der Waals surface area contributed by atoms with Gasteiger partial charge >= 0.3 is 11.9 Å². The van der Waals surface area contributed by atoms with E-state index in [-0.39, 0.29) is 36.5 Å². The van der Waals surface area contributed by atoms with E-state index in [2.05, 4.69) is 4.74 Å².